The highest BCUT2D eigenvalue weighted by molar-refractivity contribution is 8.49. The van der Waals surface area contributed by atoms with Crippen molar-refractivity contribution in [3.05, 3.63) is 36.9 Å². The van der Waals surface area contributed by atoms with Gasteiger partial charge in [-0.2, -0.15) is 0 Å². The van der Waals surface area contributed by atoms with Crippen molar-refractivity contribution in [3.63, 3.8) is 0 Å². The van der Waals surface area contributed by atoms with E-state index < -0.39 is 0 Å². The summed E-state index contributed by atoms with van der Waals surface area (Å²) in [7, 11) is 0. The molecule has 8 heteroatoms. The molecule has 0 aromatic rings. The van der Waals surface area contributed by atoms with Crippen molar-refractivity contribution in [1.29, 1.82) is 0 Å². The van der Waals surface area contributed by atoms with Crippen molar-refractivity contribution in [2.45, 2.75) is 32.1 Å². The Bertz CT molecular complexity index is 797. The lowest BCUT2D eigenvalue weighted by Crippen LogP contribution is -2.40. The van der Waals surface area contributed by atoms with E-state index in [1.807, 2.05) is 29.1 Å². The average Bonchev–Trinajstić information content (AvgIpc) is 3.33. The van der Waals surface area contributed by atoms with Crippen LogP contribution < -0.4 is 0 Å². The molecule has 27 heavy (non-hydrogen) atoms. The third-order valence-electron chi connectivity index (χ3n) is 6.42. The highest BCUT2D eigenvalue weighted by Crippen LogP contribution is 2.72. The number of allylic oxidation sites excluding steroid dienone is 1. The second kappa shape index (κ2) is 6.58. The molecule has 0 unspecified atom stereocenters. The summed E-state index contributed by atoms with van der Waals surface area (Å²) in [5.74, 6) is 3.92. The van der Waals surface area contributed by atoms with E-state index in [1.165, 1.54) is 49.1 Å². The van der Waals surface area contributed by atoms with E-state index in [9.17, 15) is 0 Å². The van der Waals surface area contributed by atoms with Crippen LogP contribution in [0.25, 0.3) is 0 Å². The van der Waals surface area contributed by atoms with Crippen LogP contribution in [0, 0.1) is 23.7 Å². The van der Waals surface area contributed by atoms with Gasteiger partial charge >= 0.3 is 0 Å². The molecule has 4 heterocycles. The number of rotatable bonds is 0. The van der Waals surface area contributed by atoms with Gasteiger partial charge in [-0.1, -0.05) is 47.0 Å². The number of hydrogen-bond acceptors (Lipinski definition) is 8. The molecular formula is C19H18O2S6. The van der Waals surface area contributed by atoms with Crippen LogP contribution >= 0.6 is 70.6 Å². The maximum absolute atomic E-state index is 5.75. The summed E-state index contributed by atoms with van der Waals surface area (Å²) in [5, 5.41) is 1.94. The predicted molar refractivity (Wildman–Crippen MR) is 123 cm³/mol. The molecule has 0 atom stereocenters. The van der Waals surface area contributed by atoms with E-state index in [-0.39, 0.29) is 0 Å². The molecule has 4 saturated carbocycles. The maximum Gasteiger partial charge on any atom is 0.208 e. The van der Waals surface area contributed by atoms with Crippen molar-refractivity contribution < 1.29 is 9.47 Å². The van der Waals surface area contributed by atoms with Gasteiger partial charge in [0.25, 0.3) is 0 Å². The van der Waals surface area contributed by atoms with E-state index in [4.69, 9.17) is 9.47 Å². The van der Waals surface area contributed by atoms with Crippen LogP contribution in [0.15, 0.2) is 36.9 Å². The second-order valence-electron chi connectivity index (χ2n) is 8.08. The lowest BCUT2D eigenvalue weighted by molar-refractivity contribution is 0.0698. The molecule has 4 aliphatic heterocycles. The van der Waals surface area contributed by atoms with Gasteiger partial charge in [-0.15, -0.1) is 0 Å². The van der Waals surface area contributed by atoms with Crippen LogP contribution in [-0.2, 0) is 9.47 Å². The molecule has 8 aliphatic rings. The first-order valence-electron chi connectivity index (χ1n) is 9.59. The molecule has 8 rings (SSSR count). The zero-order valence-electron chi connectivity index (χ0n) is 14.5. The quantitative estimate of drug-likeness (QED) is 0.357. The fourth-order valence-electron chi connectivity index (χ4n) is 5.61. The molecule has 4 aliphatic carbocycles. The zero-order chi connectivity index (χ0) is 17.5. The number of hydrogen-bond donors (Lipinski definition) is 0. The van der Waals surface area contributed by atoms with E-state index in [0.29, 0.717) is 13.2 Å². The Morgan fingerprint density at radius 3 is 1.48 bits per heavy atom. The Hall–Kier alpha value is 0.660. The standard InChI is InChI=1S/C19H18O2S6/c1-2-21-14-13(20-1)22-16(23-14)17-26-18-19(27-17)25-15(24-18)12-10-4-8-3-9(6-10)7-11(12)5-8/h8-11H,1-7H2. The molecule has 0 radical (unpaired) electrons. The van der Waals surface area contributed by atoms with Crippen molar-refractivity contribution in [1.82, 2.24) is 0 Å². The summed E-state index contributed by atoms with van der Waals surface area (Å²) in [5.41, 5.74) is 1.87. The molecule has 4 fully saturated rings. The minimum Gasteiger partial charge on any atom is -0.480 e. The molecule has 0 spiro atoms. The number of thioether (sulfide) groups is 6. The molecule has 0 N–H and O–H groups in total. The van der Waals surface area contributed by atoms with Gasteiger partial charge in [0.1, 0.15) is 13.2 Å². The normalized spacial score (nSPS) is 39.4. The Kier molecular flexibility index (Phi) is 4.23. The van der Waals surface area contributed by atoms with Crippen LogP contribution in [0.5, 0.6) is 0 Å². The molecule has 0 aromatic carbocycles. The summed E-state index contributed by atoms with van der Waals surface area (Å²) in [6.07, 6.45) is 7.47. The first-order valence-corrected chi connectivity index (χ1v) is 14.5. The molecule has 0 amide bonds. The van der Waals surface area contributed by atoms with Gasteiger partial charge < -0.3 is 9.47 Å². The fraction of sp³-hybridized carbons (Fsp3) is 0.579. The van der Waals surface area contributed by atoms with Crippen LogP contribution in [0.1, 0.15) is 32.1 Å². The second-order valence-corrected chi connectivity index (χ2v) is 15.4. The van der Waals surface area contributed by atoms with Gasteiger partial charge in [0.2, 0.25) is 10.2 Å². The van der Waals surface area contributed by atoms with Crippen molar-refractivity contribution >= 4 is 70.6 Å². The van der Waals surface area contributed by atoms with Crippen LogP contribution in [0.4, 0.5) is 0 Å². The Morgan fingerprint density at radius 1 is 0.519 bits per heavy atom. The Labute approximate surface area is 184 Å². The lowest BCUT2D eigenvalue weighted by Gasteiger charge is -2.51. The van der Waals surface area contributed by atoms with Gasteiger partial charge in [-0.3, -0.25) is 0 Å². The fourth-order valence-corrected chi connectivity index (χ4v) is 14.9. The highest BCUT2D eigenvalue weighted by Gasteiger charge is 2.47. The largest absolute Gasteiger partial charge is 0.480 e. The van der Waals surface area contributed by atoms with Gasteiger partial charge in [0, 0.05) is 0 Å². The molecule has 142 valence electrons. The molecule has 2 nitrogen and oxygen atoms in total. The first-order chi connectivity index (χ1) is 13.3. The Balaban J connectivity index is 1.10. The zero-order valence-corrected chi connectivity index (χ0v) is 19.4. The summed E-state index contributed by atoms with van der Waals surface area (Å²) in [4.78, 5) is 0. The molecular weight excluding hydrogens is 453 g/mol. The van der Waals surface area contributed by atoms with Gasteiger partial charge in [-0.25, -0.2) is 0 Å². The summed E-state index contributed by atoms with van der Waals surface area (Å²) >= 11 is 11.6. The van der Waals surface area contributed by atoms with Gasteiger partial charge in [0.05, 0.1) is 21.2 Å². The minimum absolute atomic E-state index is 0.677. The predicted octanol–water partition coefficient (Wildman–Crippen LogP) is 7.52. The lowest BCUT2D eigenvalue weighted by atomic mass is 9.54. The van der Waals surface area contributed by atoms with E-state index in [2.05, 4.69) is 23.5 Å². The molecule has 4 bridgehead atoms. The monoisotopic (exact) mass is 470 g/mol. The topological polar surface area (TPSA) is 18.5 Å². The smallest absolute Gasteiger partial charge is 0.208 e. The first kappa shape index (κ1) is 17.4. The Morgan fingerprint density at radius 2 is 0.963 bits per heavy atom. The summed E-state index contributed by atoms with van der Waals surface area (Å²) in [6.45, 7) is 1.35. The van der Waals surface area contributed by atoms with Gasteiger partial charge in [-0.05, 0) is 84.9 Å². The SMILES string of the molecule is C1COC2=C(O1)SC(=C1SC3=C(S1)SC(=C1C4CC5CC(C4)CC1C5)S3)S2. The van der Waals surface area contributed by atoms with Crippen molar-refractivity contribution in [2.75, 3.05) is 13.2 Å². The third kappa shape index (κ3) is 2.83. The molecule has 0 saturated heterocycles. The maximum atomic E-state index is 5.75. The van der Waals surface area contributed by atoms with Crippen molar-refractivity contribution in [2.24, 2.45) is 23.7 Å². The third-order valence-corrected chi connectivity index (χ3v) is 15.0. The average molecular weight is 471 g/mol. The summed E-state index contributed by atoms with van der Waals surface area (Å²) < 4.78 is 19.0. The van der Waals surface area contributed by atoms with Gasteiger partial charge in [0.15, 0.2) is 0 Å². The minimum atomic E-state index is 0.677. The van der Waals surface area contributed by atoms with Crippen LogP contribution in [0.3, 0.4) is 0 Å². The van der Waals surface area contributed by atoms with Crippen LogP contribution in [0.2, 0.25) is 0 Å². The summed E-state index contributed by atoms with van der Waals surface area (Å²) in [6, 6.07) is 0. The number of ether oxygens (including phenoxy) is 2. The van der Waals surface area contributed by atoms with E-state index in [0.717, 1.165) is 33.9 Å². The van der Waals surface area contributed by atoms with E-state index >= 15 is 0 Å². The van der Waals surface area contributed by atoms with Crippen LogP contribution in [-0.4, -0.2) is 13.2 Å². The van der Waals surface area contributed by atoms with E-state index in [1.54, 1.807) is 27.8 Å². The highest BCUT2D eigenvalue weighted by atomic mass is 32.3. The molecule has 0 aromatic heterocycles. The van der Waals surface area contributed by atoms with Crippen molar-refractivity contribution in [3.8, 4) is 0 Å².